The van der Waals surface area contributed by atoms with Crippen molar-refractivity contribution >= 4 is 29.0 Å². The van der Waals surface area contributed by atoms with E-state index in [2.05, 4.69) is 75.7 Å². The highest BCUT2D eigenvalue weighted by Crippen LogP contribution is 2.65. The molecule has 5 heteroatoms. The second-order valence-corrected chi connectivity index (χ2v) is 14.4. The van der Waals surface area contributed by atoms with Gasteiger partial charge in [-0.25, -0.2) is 12.9 Å². The Labute approximate surface area is 199 Å². The van der Waals surface area contributed by atoms with E-state index in [0.29, 0.717) is 0 Å². The summed E-state index contributed by atoms with van der Waals surface area (Å²) in [6.07, 6.45) is 15.7. The molecule has 0 aromatic carbocycles. The summed E-state index contributed by atoms with van der Waals surface area (Å²) in [7, 11) is -1.12. The Kier molecular flexibility index (Phi) is 20.3. The fourth-order valence-electron chi connectivity index (χ4n) is 3.53. The molecule has 0 rings (SSSR count). The fourth-order valence-corrected chi connectivity index (χ4v) is 10.2. The first kappa shape index (κ1) is 30.0. The predicted octanol–water partition coefficient (Wildman–Crippen LogP) is 8.59. The van der Waals surface area contributed by atoms with Gasteiger partial charge >= 0.3 is 0 Å². The van der Waals surface area contributed by atoms with Gasteiger partial charge in [-0.2, -0.15) is 0 Å². The highest BCUT2D eigenvalue weighted by Gasteiger charge is 2.39. The largest absolute Gasteiger partial charge is 0.237 e. The van der Waals surface area contributed by atoms with E-state index in [4.69, 9.17) is 0 Å². The van der Waals surface area contributed by atoms with Gasteiger partial charge in [-0.1, -0.05) is 80.1 Å². The maximum atomic E-state index is 2.96. The Morgan fingerprint density at radius 2 is 0.586 bits per heavy atom. The lowest BCUT2D eigenvalue weighted by molar-refractivity contribution is 0.320. The first-order chi connectivity index (χ1) is 14.1. The summed E-state index contributed by atoms with van der Waals surface area (Å²) >= 11 is 2.96. The number of nitrogens with zero attached hydrogens (tertiary/aromatic N) is 3. The molecule has 0 unspecified atom stereocenters. The quantitative estimate of drug-likeness (QED) is 0.134. The zero-order valence-corrected chi connectivity index (χ0v) is 23.8. The topological polar surface area (TPSA) is 9.72 Å². The van der Waals surface area contributed by atoms with Crippen LogP contribution in [0.25, 0.3) is 0 Å². The molecular weight excluding hydrogens is 489 g/mol. The molecule has 0 fully saturated rings. The molecule has 0 spiro atoms. The maximum Gasteiger partial charge on any atom is 0.0229 e. The molecule has 0 saturated heterocycles. The van der Waals surface area contributed by atoms with Crippen LogP contribution in [-0.4, -0.2) is 52.2 Å². The average Bonchev–Trinajstić information content (AvgIpc) is 2.73. The van der Waals surface area contributed by atoms with E-state index in [1.165, 1.54) is 116 Å². The van der Waals surface area contributed by atoms with Gasteiger partial charge in [0.1, 0.15) is 0 Å². The molecule has 0 bridgehead atoms. The van der Waals surface area contributed by atoms with Crippen molar-refractivity contribution in [3.63, 3.8) is 0 Å². The minimum absolute atomic E-state index is 1.12. The zero-order valence-electron chi connectivity index (χ0n) is 20.9. The van der Waals surface area contributed by atoms with Crippen molar-refractivity contribution in [2.24, 2.45) is 0 Å². The summed E-state index contributed by atoms with van der Waals surface area (Å²) in [5.74, 6) is 0. The molecule has 29 heavy (non-hydrogen) atoms. The summed E-state index contributed by atoms with van der Waals surface area (Å²) in [5.41, 5.74) is 0. The van der Waals surface area contributed by atoms with Gasteiger partial charge < -0.3 is 0 Å². The molecule has 0 atom stereocenters. The Balaban J connectivity index is 6.01. The van der Waals surface area contributed by atoms with Gasteiger partial charge in [-0.15, -0.1) is 0 Å². The van der Waals surface area contributed by atoms with E-state index in [0.717, 1.165) is 0 Å². The number of hydrogen-bond acceptors (Lipinski definition) is 3. The van der Waals surface area contributed by atoms with Crippen molar-refractivity contribution < 1.29 is 0 Å². The Morgan fingerprint density at radius 1 is 0.414 bits per heavy atom. The van der Waals surface area contributed by atoms with Crippen LogP contribution in [-0.2, 0) is 0 Å². The van der Waals surface area contributed by atoms with E-state index >= 15 is 0 Å². The smallest absolute Gasteiger partial charge is 0.0229 e. The Morgan fingerprint density at radius 3 is 0.724 bits per heavy atom. The van der Waals surface area contributed by atoms with Gasteiger partial charge in [0.2, 0.25) is 0 Å². The maximum absolute atomic E-state index is 2.96. The minimum atomic E-state index is -1.12. The molecule has 0 saturated carbocycles. The monoisotopic (exact) mass is 543 g/mol. The van der Waals surface area contributed by atoms with Crippen molar-refractivity contribution in [2.75, 3.05) is 39.3 Å². The summed E-state index contributed by atoms with van der Waals surface area (Å²) < 4.78 is 8.82. The van der Waals surface area contributed by atoms with Gasteiger partial charge in [0.25, 0.3) is 0 Å². The Hall–Kier alpha value is 0.960. The van der Waals surface area contributed by atoms with Crippen molar-refractivity contribution in [3.8, 4) is 0 Å². The highest BCUT2D eigenvalue weighted by molar-refractivity contribution is 14.2. The second kappa shape index (κ2) is 19.6. The van der Waals surface area contributed by atoms with Crippen molar-refractivity contribution in [1.82, 2.24) is 12.9 Å². The number of halogens is 1. The fraction of sp³-hybridized carbons (Fsp3) is 1.00. The zero-order chi connectivity index (χ0) is 22.0. The number of hydrogen-bond donors (Lipinski definition) is 0. The van der Waals surface area contributed by atoms with Crippen LogP contribution in [0, 0.1) is 0 Å². The predicted molar refractivity (Wildman–Crippen MR) is 146 cm³/mol. The summed E-state index contributed by atoms with van der Waals surface area (Å²) in [6, 6.07) is 0. The van der Waals surface area contributed by atoms with Crippen LogP contribution in [0.15, 0.2) is 0 Å². The standard InChI is InChI=1S/C24H54IN3S/c1-7-13-19-26(20-14-8-2)29(25,27(21-15-9-3)22-16-10-4)28(23-17-11-5)24-18-12-6/h7-24H2,1-6H3. The third-order valence-corrected chi connectivity index (χ3v) is 13.6. The third-order valence-electron chi connectivity index (χ3n) is 5.55. The van der Waals surface area contributed by atoms with Crippen molar-refractivity contribution in [3.05, 3.63) is 0 Å². The van der Waals surface area contributed by atoms with Crippen molar-refractivity contribution in [2.45, 2.75) is 119 Å². The normalized spacial score (nSPS) is 13.2. The van der Waals surface area contributed by atoms with E-state index in [1.807, 2.05) is 0 Å². The minimum Gasteiger partial charge on any atom is -0.237 e. The summed E-state index contributed by atoms with van der Waals surface area (Å²) in [6.45, 7) is 21.7. The van der Waals surface area contributed by atoms with Crippen LogP contribution >= 0.6 is 29.0 Å². The van der Waals surface area contributed by atoms with Crippen LogP contribution in [0.2, 0.25) is 0 Å². The number of unbranched alkanes of at least 4 members (excludes halogenated alkanes) is 6. The van der Waals surface area contributed by atoms with Gasteiger partial charge in [0.15, 0.2) is 0 Å². The highest BCUT2D eigenvalue weighted by atomic mass is 127. The van der Waals surface area contributed by atoms with E-state index in [9.17, 15) is 0 Å². The second-order valence-electron chi connectivity index (χ2n) is 8.36. The lowest BCUT2D eigenvalue weighted by Gasteiger charge is -2.57. The van der Waals surface area contributed by atoms with E-state index < -0.39 is 7.76 Å². The molecule has 178 valence electrons. The third kappa shape index (κ3) is 11.4. The molecule has 0 aromatic rings. The molecule has 0 aromatic heterocycles. The van der Waals surface area contributed by atoms with Gasteiger partial charge in [-0.3, -0.25) is 0 Å². The Bertz CT molecular complexity index is 283. The van der Waals surface area contributed by atoms with Crippen LogP contribution in [0.3, 0.4) is 0 Å². The van der Waals surface area contributed by atoms with Crippen LogP contribution in [0.5, 0.6) is 0 Å². The van der Waals surface area contributed by atoms with Gasteiger partial charge in [0, 0.05) is 60.5 Å². The lowest BCUT2D eigenvalue weighted by atomic mass is 10.3. The van der Waals surface area contributed by atoms with E-state index in [1.54, 1.807) is 0 Å². The lowest BCUT2D eigenvalue weighted by Crippen LogP contribution is -2.48. The number of rotatable bonds is 21. The first-order valence-electron chi connectivity index (χ1n) is 12.8. The molecule has 0 aliphatic carbocycles. The van der Waals surface area contributed by atoms with Crippen LogP contribution in [0.1, 0.15) is 119 Å². The SMILES string of the molecule is CCCCN(CCCC)S(I)(N(CCCC)CCCC)N(CCCC)CCCC. The molecule has 0 heterocycles. The molecule has 0 N–H and O–H groups in total. The first-order valence-corrected chi connectivity index (χ1v) is 16.9. The van der Waals surface area contributed by atoms with Gasteiger partial charge in [-0.05, 0) is 46.3 Å². The molecule has 0 aliphatic rings. The van der Waals surface area contributed by atoms with Crippen LogP contribution < -0.4 is 0 Å². The molecule has 0 radical (unpaired) electrons. The van der Waals surface area contributed by atoms with Crippen LogP contribution in [0.4, 0.5) is 0 Å². The molecular formula is C24H54IN3S. The molecule has 0 amide bonds. The van der Waals surface area contributed by atoms with Gasteiger partial charge in [0.05, 0.1) is 0 Å². The average molecular weight is 544 g/mol. The summed E-state index contributed by atoms with van der Waals surface area (Å²) in [4.78, 5) is 0. The molecule has 3 nitrogen and oxygen atoms in total. The van der Waals surface area contributed by atoms with E-state index in [-0.39, 0.29) is 0 Å². The molecule has 0 aliphatic heterocycles. The summed E-state index contributed by atoms with van der Waals surface area (Å²) in [5, 5.41) is 0. The van der Waals surface area contributed by atoms with Crippen molar-refractivity contribution in [1.29, 1.82) is 0 Å².